The third kappa shape index (κ3) is 10.8. The summed E-state index contributed by atoms with van der Waals surface area (Å²) in [4.78, 5) is 98.2. The second-order valence-corrected chi connectivity index (χ2v) is 15.9. The highest BCUT2D eigenvalue weighted by molar-refractivity contribution is 6.38. The zero-order valence-electron chi connectivity index (χ0n) is 34.0. The molecule has 4 heterocycles. The summed E-state index contributed by atoms with van der Waals surface area (Å²) < 4.78 is 18.5. The zero-order valence-corrected chi connectivity index (χ0v) is 34.0. The van der Waals surface area contributed by atoms with Crippen LogP contribution in [0.2, 0.25) is 0 Å². The summed E-state index contributed by atoms with van der Waals surface area (Å²) in [6.45, 7) is 1.57. The Morgan fingerprint density at radius 3 is 2.41 bits per heavy atom. The Hall–Kier alpha value is -5.35. The van der Waals surface area contributed by atoms with E-state index in [9.17, 15) is 33.6 Å². The van der Waals surface area contributed by atoms with E-state index in [-0.39, 0.29) is 37.1 Å². The van der Waals surface area contributed by atoms with Gasteiger partial charge < -0.3 is 45.3 Å². The number of likely N-dealkylation sites (N-methyl/N-ethyl adjacent to an activating group) is 1. The topological polar surface area (TPSA) is 202 Å². The number of hydrogen-bond donors (Lipinski definition) is 4. The number of carbonyl (C=O) groups is 7. The molecule has 16 heteroatoms. The average molecular weight is 817 g/mol. The van der Waals surface area contributed by atoms with Crippen molar-refractivity contribution in [3.05, 3.63) is 65.7 Å². The minimum absolute atomic E-state index is 0.0245. The number of amides is 6. The minimum atomic E-state index is -1.29. The molecule has 2 saturated heterocycles. The van der Waals surface area contributed by atoms with E-state index < -0.39 is 78.6 Å². The number of benzene rings is 2. The molecule has 0 aromatic heterocycles. The quantitative estimate of drug-likeness (QED) is 0.229. The van der Waals surface area contributed by atoms with Gasteiger partial charge in [0, 0.05) is 20.5 Å². The van der Waals surface area contributed by atoms with Gasteiger partial charge in [-0.2, -0.15) is 0 Å². The third-order valence-electron chi connectivity index (χ3n) is 11.4. The SMILES string of the molecule is CCC[C@H](NC(=O)[C@@H]1[C@H]2O[C@H]3CCCOc4cccc(c4)CC(=O)N[C@@H](C4CCCCC4)C(=O)N1C[C@@H]2O3)C(=O)C(=O)NCC(=O)N[C@H](C(=O)N(C)C)c1ccccc1. The molecule has 7 rings (SSSR count). The van der Waals surface area contributed by atoms with Crippen molar-refractivity contribution in [2.75, 3.05) is 33.8 Å². The smallest absolute Gasteiger partial charge is 0.290 e. The fraction of sp³-hybridized carbons (Fsp3) is 0.558. The van der Waals surface area contributed by atoms with Crippen LogP contribution in [0.5, 0.6) is 5.75 Å². The number of ether oxygens (including phenoxy) is 3. The molecule has 59 heavy (non-hydrogen) atoms. The van der Waals surface area contributed by atoms with Crippen molar-refractivity contribution in [2.24, 2.45) is 5.92 Å². The predicted octanol–water partition coefficient (Wildman–Crippen LogP) is 1.70. The van der Waals surface area contributed by atoms with Gasteiger partial charge in [-0.25, -0.2) is 0 Å². The molecule has 6 amide bonds. The van der Waals surface area contributed by atoms with Crippen LogP contribution in [-0.2, 0) is 49.5 Å². The summed E-state index contributed by atoms with van der Waals surface area (Å²) in [5.74, 6) is -4.18. The lowest BCUT2D eigenvalue weighted by atomic mass is 9.83. The van der Waals surface area contributed by atoms with Gasteiger partial charge in [0.15, 0.2) is 6.29 Å². The van der Waals surface area contributed by atoms with E-state index in [1.807, 2.05) is 24.3 Å². The highest BCUT2D eigenvalue weighted by Crippen LogP contribution is 2.36. The van der Waals surface area contributed by atoms with E-state index in [0.29, 0.717) is 37.2 Å². The maximum absolute atomic E-state index is 14.7. The van der Waals surface area contributed by atoms with Crippen LogP contribution in [0.3, 0.4) is 0 Å². The van der Waals surface area contributed by atoms with Crippen molar-refractivity contribution in [1.82, 2.24) is 31.1 Å². The van der Waals surface area contributed by atoms with Gasteiger partial charge in [-0.3, -0.25) is 33.6 Å². The van der Waals surface area contributed by atoms with Crippen molar-refractivity contribution in [1.29, 1.82) is 0 Å². The fourth-order valence-electron chi connectivity index (χ4n) is 8.38. The van der Waals surface area contributed by atoms with Crippen LogP contribution < -0.4 is 26.0 Å². The van der Waals surface area contributed by atoms with Crippen LogP contribution in [0.15, 0.2) is 54.6 Å². The molecule has 3 fully saturated rings. The fourth-order valence-corrected chi connectivity index (χ4v) is 8.38. The van der Waals surface area contributed by atoms with Gasteiger partial charge >= 0.3 is 0 Å². The molecule has 318 valence electrons. The van der Waals surface area contributed by atoms with E-state index in [4.69, 9.17) is 14.2 Å². The molecule has 6 bridgehead atoms. The van der Waals surface area contributed by atoms with Crippen LogP contribution in [0.25, 0.3) is 0 Å². The Labute approximate surface area is 344 Å². The molecule has 4 aliphatic heterocycles. The summed E-state index contributed by atoms with van der Waals surface area (Å²) in [7, 11) is 3.12. The van der Waals surface area contributed by atoms with Crippen LogP contribution in [0.4, 0.5) is 0 Å². The van der Waals surface area contributed by atoms with Gasteiger partial charge in [-0.15, -0.1) is 0 Å². The molecule has 2 aromatic carbocycles. The minimum Gasteiger partial charge on any atom is -0.494 e. The van der Waals surface area contributed by atoms with Crippen molar-refractivity contribution in [2.45, 2.75) is 114 Å². The number of carbonyl (C=O) groups excluding carboxylic acids is 7. The van der Waals surface area contributed by atoms with Crippen LogP contribution in [-0.4, -0.2) is 121 Å². The third-order valence-corrected chi connectivity index (χ3v) is 11.4. The largest absolute Gasteiger partial charge is 0.494 e. The highest BCUT2D eigenvalue weighted by atomic mass is 16.7. The van der Waals surface area contributed by atoms with Crippen molar-refractivity contribution >= 4 is 41.2 Å². The standard InChI is InChI=1S/C43H56N6O10/c1-4-13-30(38(52)41(54)44-24-33(51)47-35(42(55)48(2)3)27-15-7-5-8-16-27)45-40(53)37-39-31-25-49(37)43(56)36(28-17-9-6-10-18-28)46-32(50)23-26-14-11-19-29(22-26)57-21-12-20-34(58-31)59-39/h5,7-8,11,14-16,19,22,28,30-31,34-37,39H,4,6,9-10,12-13,17-18,20-21,23-25H2,1-3H3,(H,44,54)(H,45,53)(H,46,50)(H,47,51)/t30-,31-,34-,35-,36-,37-,39-/m0/s1. The first-order valence-electron chi connectivity index (χ1n) is 20.7. The van der Waals surface area contributed by atoms with Crippen molar-refractivity contribution in [3.63, 3.8) is 0 Å². The first-order chi connectivity index (χ1) is 28.4. The summed E-state index contributed by atoms with van der Waals surface area (Å²) in [6, 6.07) is 11.5. The first kappa shape index (κ1) is 43.2. The van der Waals surface area contributed by atoms with Gasteiger partial charge in [-0.05, 0) is 54.9 Å². The first-order valence-corrected chi connectivity index (χ1v) is 20.7. The number of nitrogens with zero attached hydrogens (tertiary/aromatic N) is 2. The highest BCUT2D eigenvalue weighted by Gasteiger charge is 2.56. The number of rotatable bonds is 12. The Bertz CT molecular complexity index is 1850. The molecular formula is C43H56N6O10. The molecule has 0 unspecified atom stereocenters. The van der Waals surface area contributed by atoms with Crippen molar-refractivity contribution < 1.29 is 47.8 Å². The predicted molar refractivity (Wildman–Crippen MR) is 213 cm³/mol. The molecule has 2 aromatic rings. The second-order valence-electron chi connectivity index (χ2n) is 15.9. The molecule has 4 N–H and O–H groups in total. The summed E-state index contributed by atoms with van der Waals surface area (Å²) in [6.07, 6.45) is 3.64. The molecule has 16 nitrogen and oxygen atoms in total. The monoisotopic (exact) mass is 816 g/mol. The number of fused-ring (bicyclic) bond motifs is 7. The lowest BCUT2D eigenvalue weighted by molar-refractivity contribution is -0.151. The van der Waals surface area contributed by atoms with E-state index in [1.165, 1.54) is 9.80 Å². The summed E-state index contributed by atoms with van der Waals surface area (Å²) in [5, 5.41) is 10.7. The molecule has 5 aliphatic rings. The number of ketones is 1. The Balaban J connectivity index is 1.18. The molecular weight excluding hydrogens is 761 g/mol. The maximum Gasteiger partial charge on any atom is 0.290 e. The lowest BCUT2D eigenvalue weighted by Gasteiger charge is -2.35. The van der Waals surface area contributed by atoms with Crippen LogP contribution in [0, 0.1) is 5.92 Å². The summed E-state index contributed by atoms with van der Waals surface area (Å²) in [5.41, 5.74) is 1.28. The lowest BCUT2D eigenvalue weighted by Crippen LogP contribution is -2.60. The van der Waals surface area contributed by atoms with E-state index in [2.05, 4.69) is 21.3 Å². The Morgan fingerprint density at radius 2 is 1.68 bits per heavy atom. The van der Waals surface area contributed by atoms with Gasteiger partial charge in [-0.1, -0.05) is 75.1 Å². The molecule has 0 radical (unpaired) electrons. The number of nitrogens with one attached hydrogen (secondary N) is 4. The van der Waals surface area contributed by atoms with Crippen LogP contribution >= 0.6 is 0 Å². The van der Waals surface area contributed by atoms with Gasteiger partial charge in [0.05, 0.1) is 32.2 Å². The van der Waals surface area contributed by atoms with Gasteiger partial charge in [0.2, 0.25) is 35.3 Å². The van der Waals surface area contributed by atoms with E-state index in [0.717, 1.165) is 37.7 Å². The van der Waals surface area contributed by atoms with E-state index >= 15 is 0 Å². The van der Waals surface area contributed by atoms with Crippen molar-refractivity contribution in [3.8, 4) is 5.75 Å². The molecule has 7 atom stereocenters. The number of hydrogen-bond acceptors (Lipinski definition) is 10. The molecule has 1 saturated carbocycles. The number of Topliss-reactive ketones (excluding diaryl/α,β-unsaturated/α-hetero) is 1. The summed E-state index contributed by atoms with van der Waals surface area (Å²) >= 11 is 0. The average Bonchev–Trinajstić information content (AvgIpc) is 3.80. The molecule has 1 aliphatic carbocycles. The van der Waals surface area contributed by atoms with Gasteiger partial charge in [0.25, 0.3) is 5.91 Å². The second kappa shape index (κ2) is 20.1. The van der Waals surface area contributed by atoms with Crippen LogP contribution in [0.1, 0.15) is 81.9 Å². The zero-order chi connectivity index (χ0) is 42.1. The maximum atomic E-state index is 14.7. The van der Waals surface area contributed by atoms with Gasteiger partial charge in [0.1, 0.15) is 36.1 Å². The normalized spacial score (nSPS) is 24.5. The Morgan fingerprint density at radius 1 is 0.915 bits per heavy atom. The Kier molecular flexibility index (Phi) is 14.7. The van der Waals surface area contributed by atoms with E-state index in [1.54, 1.807) is 51.4 Å². The molecule has 0 spiro atoms.